The molecule has 0 aliphatic carbocycles. The van der Waals surface area contributed by atoms with Crippen molar-refractivity contribution in [1.29, 1.82) is 0 Å². The second kappa shape index (κ2) is 28.3. The van der Waals surface area contributed by atoms with Crippen molar-refractivity contribution in [3.63, 3.8) is 0 Å². The van der Waals surface area contributed by atoms with Gasteiger partial charge in [0.15, 0.2) is 0 Å². The maximum atomic E-state index is 12.9. The fraction of sp³-hybridized carbons (Fsp3) is 0.233. The number of hydrogen-bond donors (Lipinski definition) is 3. The largest absolute Gasteiger partial charge is 0.493 e. The Kier molecular flexibility index (Phi) is 20.3. The van der Waals surface area contributed by atoms with E-state index >= 15 is 0 Å². The number of rotatable bonds is 23. The minimum absolute atomic E-state index is 0.144. The average Bonchev–Trinajstić information content (AvgIpc) is 4.01. The minimum Gasteiger partial charge on any atom is -0.493 e. The lowest BCUT2D eigenvalue weighted by Gasteiger charge is -2.22. The van der Waals surface area contributed by atoms with E-state index in [1.165, 1.54) is 9.80 Å². The van der Waals surface area contributed by atoms with Gasteiger partial charge in [0.05, 0.1) is 31.2 Å². The molecule has 6 aromatic carbocycles. The zero-order valence-corrected chi connectivity index (χ0v) is 42.9. The van der Waals surface area contributed by atoms with Crippen molar-refractivity contribution in [2.75, 3.05) is 32.9 Å². The highest BCUT2D eigenvalue weighted by atomic mass is 16.5. The first kappa shape index (κ1) is 54.6. The van der Waals surface area contributed by atoms with Gasteiger partial charge in [-0.25, -0.2) is 19.6 Å². The second-order valence-corrected chi connectivity index (χ2v) is 17.5. The first-order chi connectivity index (χ1) is 37.0. The number of hydrogen-bond acceptors (Lipinski definition) is 11. The molecule has 0 aliphatic rings. The SMILES string of the molecule is CCOC(=O)CN(Cc1ccc(OCCc2nc(-c3ccccc3)oc2C)cc1)C(=O)NCc1ccccc1.Cc1oc(-c2ccccc2)nc1CCOc1ccc(CN(CC(=O)O)C(=O)NCc2ccccc2)cc1. The Morgan fingerprint density at radius 2 is 0.895 bits per heavy atom. The molecule has 16 heteroatoms. The van der Waals surface area contributed by atoms with Crippen LogP contribution in [0.15, 0.2) is 179 Å². The van der Waals surface area contributed by atoms with E-state index in [0.717, 1.165) is 56.3 Å². The molecule has 8 rings (SSSR count). The number of esters is 1. The zero-order valence-electron chi connectivity index (χ0n) is 42.9. The molecule has 0 saturated heterocycles. The Morgan fingerprint density at radius 3 is 1.28 bits per heavy atom. The van der Waals surface area contributed by atoms with E-state index in [-0.39, 0.29) is 32.3 Å². The number of carboxylic acid groups (broad SMARTS) is 1. The first-order valence-corrected chi connectivity index (χ1v) is 25.0. The number of nitrogens with zero attached hydrogens (tertiary/aromatic N) is 4. The van der Waals surface area contributed by atoms with Gasteiger partial charge in [0.2, 0.25) is 11.8 Å². The number of amides is 4. The van der Waals surface area contributed by atoms with Gasteiger partial charge in [-0.2, -0.15) is 0 Å². The van der Waals surface area contributed by atoms with E-state index in [2.05, 4.69) is 20.6 Å². The van der Waals surface area contributed by atoms with Crippen molar-refractivity contribution in [2.45, 2.75) is 59.8 Å². The van der Waals surface area contributed by atoms with Gasteiger partial charge in [-0.05, 0) is 91.6 Å². The third-order valence-corrected chi connectivity index (χ3v) is 11.7. The molecule has 4 amide bonds. The molecule has 392 valence electrons. The molecule has 0 aliphatic heterocycles. The number of carbonyl (C=O) groups excluding carboxylic acids is 3. The van der Waals surface area contributed by atoms with Gasteiger partial charge < -0.3 is 48.6 Å². The van der Waals surface area contributed by atoms with Crippen LogP contribution in [-0.4, -0.2) is 81.8 Å². The second-order valence-electron chi connectivity index (χ2n) is 17.5. The van der Waals surface area contributed by atoms with Gasteiger partial charge in [0, 0.05) is 50.1 Å². The van der Waals surface area contributed by atoms with Crippen molar-refractivity contribution in [1.82, 2.24) is 30.4 Å². The maximum Gasteiger partial charge on any atom is 0.325 e. The minimum atomic E-state index is -1.08. The van der Waals surface area contributed by atoms with Crippen LogP contribution < -0.4 is 20.1 Å². The van der Waals surface area contributed by atoms with Gasteiger partial charge in [-0.1, -0.05) is 121 Å². The molecule has 0 unspecified atom stereocenters. The summed E-state index contributed by atoms with van der Waals surface area (Å²) in [5, 5.41) is 14.9. The van der Waals surface area contributed by atoms with Crippen molar-refractivity contribution in [3.05, 3.63) is 215 Å². The lowest BCUT2D eigenvalue weighted by atomic mass is 10.2. The molecule has 16 nitrogen and oxygen atoms in total. The van der Waals surface area contributed by atoms with Crippen LogP contribution in [0.4, 0.5) is 9.59 Å². The summed E-state index contributed by atoms with van der Waals surface area (Å²) < 4.78 is 28.5. The fourth-order valence-electron chi connectivity index (χ4n) is 7.78. The van der Waals surface area contributed by atoms with Crippen LogP contribution in [0.3, 0.4) is 0 Å². The van der Waals surface area contributed by atoms with E-state index in [1.807, 2.05) is 172 Å². The van der Waals surface area contributed by atoms with E-state index in [0.29, 0.717) is 62.4 Å². The molecular weight excluding hydrogens is 965 g/mol. The fourth-order valence-corrected chi connectivity index (χ4v) is 7.78. The van der Waals surface area contributed by atoms with Crippen LogP contribution in [0.1, 0.15) is 52.1 Å². The summed E-state index contributed by atoms with van der Waals surface area (Å²) in [7, 11) is 0. The first-order valence-electron chi connectivity index (χ1n) is 25.0. The van der Waals surface area contributed by atoms with Crippen LogP contribution in [0, 0.1) is 13.8 Å². The Hall–Kier alpha value is -9.18. The van der Waals surface area contributed by atoms with E-state index in [1.54, 1.807) is 19.1 Å². The molecule has 8 aromatic rings. The van der Waals surface area contributed by atoms with E-state index < -0.39 is 24.5 Å². The summed E-state index contributed by atoms with van der Waals surface area (Å²) in [6.45, 7) is 7.21. The third-order valence-electron chi connectivity index (χ3n) is 11.7. The topological polar surface area (TPSA) is 199 Å². The summed E-state index contributed by atoms with van der Waals surface area (Å²) in [5.74, 6) is 2.59. The van der Waals surface area contributed by atoms with Gasteiger partial charge in [-0.3, -0.25) is 9.59 Å². The Labute approximate surface area is 442 Å². The molecule has 76 heavy (non-hydrogen) atoms. The predicted octanol–water partition coefficient (Wildman–Crippen LogP) is 10.6. The number of aromatic nitrogens is 2. The lowest BCUT2D eigenvalue weighted by Crippen LogP contribution is -2.42. The molecular formula is C60H62N6O10. The number of oxazole rings is 2. The average molecular weight is 1030 g/mol. The summed E-state index contributed by atoms with van der Waals surface area (Å²) in [6, 6.07) is 52.5. The summed E-state index contributed by atoms with van der Waals surface area (Å²) in [5.41, 5.74) is 7.14. The van der Waals surface area contributed by atoms with Gasteiger partial charge in [0.1, 0.15) is 36.1 Å². The van der Waals surface area contributed by atoms with Crippen LogP contribution in [0.25, 0.3) is 22.9 Å². The van der Waals surface area contributed by atoms with Crippen LogP contribution in [0.5, 0.6) is 11.5 Å². The van der Waals surface area contributed by atoms with Crippen LogP contribution >= 0.6 is 0 Å². The normalized spacial score (nSPS) is 10.6. The Bertz CT molecular complexity index is 3060. The highest BCUT2D eigenvalue weighted by Crippen LogP contribution is 2.24. The number of aryl methyl sites for hydroxylation is 2. The van der Waals surface area contributed by atoms with Gasteiger partial charge >= 0.3 is 24.0 Å². The number of nitrogens with one attached hydrogen (secondary N) is 2. The Balaban J connectivity index is 0.000000221. The van der Waals surface area contributed by atoms with Crippen LogP contribution in [-0.2, 0) is 53.3 Å². The number of urea groups is 2. The number of carbonyl (C=O) groups is 4. The molecule has 0 atom stereocenters. The van der Waals surface area contributed by atoms with Gasteiger partial charge in [0.25, 0.3) is 0 Å². The Morgan fingerprint density at radius 1 is 0.513 bits per heavy atom. The summed E-state index contributed by atoms with van der Waals surface area (Å²) >= 11 is 0. The van der Waals surface area contributed by atoms with Crippen LogP contribution in [0.2, 0.25) is 0 Å². The van der Waals surface area contributed by atoms with Gasteiger partial charge in [-0.15, -0.1) is 0 Å². The number of carboxylic acids is 1. The molecule has 3 N–H and O–H groups in total. The van der Waals surface area contributed by atoms with E-state index in [9.17, 15) is 24.3 Å². The third kappa shape index (κ3) is 17.2. The molecule has 0 radical (unpaired) electrons. The molecule has 2 aromatic heterocycles. The summed E-state index contributed by atoms with van der Waals surface area (Å²) in [4.78, 5) is 60.9. The van der Waals surface area contributed by atoms with E-state index in [4.69, 9.17) is 23.0 Å². The zero-order chi connectivity index (χ0) is 53.5. The predicted molar refractivity (Wildman–Crippen MR) is 287 cm³/mol. The summed E-state index contributed by atoms with van der Waals surface area (Å²) in [6.07, 6.45) is 1.21. The molecule has 0 saturated carbocycles. The lowest BCUT2D eigenvalue weighted by molar-refractivity contribution is -0.144. The quantitative estimate of drug-likeness (QED) is 0.0513. The number of benzene rings is 6. The van der Waals surface area contributed by atoms with Crippen molar-refractivity contribution in [2.24, 2.45) is 0 Å². The molecule has 0 bridgehead atoms. The van der Waals surface area contributed by atoms with Crippen molar-refractivity contribution >= 4 is 24.0 Å². The van der Waals surface area contributed by atoms with Crippen molar-refractivity contribution in [3.8, 4) is 34.4 Å². The molecule has 0 fully saturated rings. The highest BCUT2D eigenvalue weighted by Gasteiger charge is 2.20. The maximum absolute atomic E-state index is 12.9. The van der Waals surface area contributed by atoms with Crippen molar-refractivity contribution < 1.29 is 47.3 Å². The monoisotopic (exact) mass is 1030 g/mol. The number of ether oxygens (including phenoxy) is 3. The molecule has 2 heterocycles. The standard InChI is InChI=1S/C31H33N3O5.C29H29N3O5/c1-3-37-29(35)22-34(31(36)32-20-24-10-6-4-7-11-24)21-25-14-16-27(17-15-25)38-19-18-28-23(2)39-30(33-28)26-12-8-5-9-13-26;1-21-26(31-28(37-21)24-10-6-3-7-11-24)16-17-36-25-14-12-23(13-15-25)19-32(20-27(33)34)29(35)30-18-22-8-4-2-5-9-22/h4-17H,3,18-22H2,1-2H3,(H,32,36);2-15H,16-20H2,1H3,(H,30,35)(H,33,34). The number of aliphatic carboxylic acids is 1. The highest BCUT2D eigenvalue weighted by molar-refractivity contribution is 5.81. The molecule has 0 spiro atoms. The smallest absolute Gasteiger partial charge is 0.325 e.